The molecule has 0 aliphatic rings. The number of nitrogens with one attached hydrogen (secondary N) is 2. The molecule has 0 fully saturated rings. The van der Waals surface area contributed by atoms with Gasteiger partial charge >= 0.3 is 0 Å². The number of para-hydroxylation sites is 2. The number of aromatic nitrogens is 1. The number of methoxy groups -OCH3 is 1. The molecule has 0 radical (unpaired) electrons. The Morgan fingerprint density at radius 3 is 2.42 bits per heavy atom. The number of halogens is 1. The molecule has 1 heterocycles. The second-order valence-corrected chi connectivity index (χ2v) is 7.35. The molecular weight excluding hydrogens is 374 g/mol. The standard InChI is InChI=1S/C18H16ClN3O3S/c1-25-16-8-4-3-7-15(16)21-18-11-10-13(12-20-18)22-26(23,24)17-9-5-2-6-14(17)19/h2-12,22H,1H3,(H,20,21). The number of rotatable bonds is 6. The first-order valence-electron chi connectivity index (χ1n) is 7.63. The number of sulfonamides is 1. The highest BCUT2D eigenvalue weighted by molar-refractivity contribution is 7.92. The zero-order chi connectivity index (χ0) is 18.6. The average molecular weight is 390 g/mol. The maximum Gasteiger partial charge on any atom is 0.263 e. The highest BCUT2D eigenvalue weighted by atomic mass is 35.5. The Morgan fingerprint density at radius 1 is 1.00 bits per heavy atom. The molecule has 0 aliphatic heterocycles. The van der Waals surface area contributed by atoms with Crippen LogP contribution in [-0.2, 0) is 10.0 Å². The maximum atomic E-state index is 12.4. The molecule has 0 unspecified atom stereocenters. The molecule has 6 nitrogen and oxygen atoms in total. The Morgan fingerprint density at radius 2 is 1.73 bits per heavy atom. The van der Waals surface area contributed by atoms with E-state index in [1.807, 2.05) is 24.3 Å². The summed E-state index contributed by atoms with van der Waals surface area (Å²) in [5.41, 5.74) is 1.09. The Hall–Kier alpha value is -2.77. The van der Waals surface area contributed by atoms with Crippen molar-refractivity contribution in [2.45, 2.75) is 4.90 Å². The highest BCUT2D eigenvalue weighted by Crippen LogP contribution is 2.27. The number of anilines is 3. The quantitative estimate of drug-likeness (QED) is 0.657. The Bertz CT molecular complexity index is 1010. The summed E-state index contributed by atoms with van der Waals surface area (Å²) in [7, 11) is -2.20. The summed E-state index contributed by atoms with van der Waals surface area (Å²) in [5.74, 6) is 1.23. The van der Waals surface area contributed by atoms with Crippen molar-refractivity contribution in [3.8, 4) is 5.75 Å². The lowest BCUT2D eigenvalue weighted by Gasteiger charge is -2.12. The lowest BCUT2D eigenvalue weighted by molar-refractivity contribution is 0.417. The number of nitrogens with zero attached hydrogens (tertiary/aromatic N) is 1. The predicted molar refractivity (Wildman–Crippen MR) is 103 cm³/mol. The zero-order valence-corrected chi connectivity index (χ0v) is 15.4. The summed E-state index contributed by atoms with van der Waals surface area (Å²) < 4.78 is 32.6. The van der Waals surface area contributed by atoms with Gasteiger partial charge in [0.15, 0.2) is 0 Å². The summed E-state index contributed by atoms with van der Waals surface area (Å²) in [6, 6.07) is 16.9. The molecule has 0 aliphatic carbocycles. The third-order valence-electron chi connectivity index (χ3n) is 3.51. The molecule has 0 saturated carbocycles. The van der Waals surface area contributed by atoms with Crippen molar-refractivity contribution in [2.75, 3.05) is 17.1 Å². The molecular formula is C18H16ClN3O3S. The molecule has 3 aromatic rings. The van der Waals surface area contributed by atoms with Crippen molar-refractivity contribution in [1.29, 1.82) is 0 Å². The minimum atomic E-state index is -3.79. The van der Waals surface area contributed by atoms with Gasteiger partial charge in [0, 0.05) is 0 Å². The Labute approximate surface area is 156 Å². The van der Waals surface area contributed by atoms with E-state index in [4.69, 9.17) is 16.3 Å². The normalized spacial score (nSPS) is 11.0. The number of pyridine rings is 1. The lowest BCUT2D eigenvalue weighted by atomic mass is 10.3. The molecule has 1 aromatic heterocycles. The molecule has 26 heavy (non-hydrogen) atoms. The fraction of sp³-hybridized carbons (Fsp3) is 0.0556. The van der Waals surface area contributed by atoms with Gasteiger partial charge in [-0.2, -0.15) is 0 Å². The van der Waals surface area contributed by atoms with Crippen LogP contribution in [0.2, 0.25) is 5.02 Å². The van der Waals surface area contributed by atoms with E-state index in [2.05, 4.69) is 15.0 Å². The van der Waals surface area contributed by atoms with Crippen LogP contribution in [0.4, 0.5) is 17.2 Å². The van der Waals surface area contributed by atoms with E-state index < -0.39 is 10.0 Å². The van der Waals surface area contributed by atoms with Gasteiger partial charge in [-0.1, -0.05) is 35.9 Å². The predicted octanol–water partition coefficient (Wildman–Crippen LogP) is 4.29. The molecule has 0 bridgehead atoms. The molecule has 3 rings (SSSR count). The minimum Gasteiger partial charge on any atom is -0.495 e. The zero-order valence-electron chi connectivity index (χ0n) is 13.8. The van der Waals surface area contributed by atoms with Crippen molar-refractivity contribution < 1.29 is 13.2 Å². The van der Waals surface area contributed by atoms with Gasteiger partial charge in [0.2, 0.25) is 0 Å². The van der Waals surface area contributed by atoms with E-state index in [0.29, 0.717) is 17.3 Å². The third-order valence-corrected chi connectivity index (χ3v) is 5.39. The first-order valence-corrected chi connectivity index (χ1v) is 9.49. The number of benzene rings is 2. The van der Waals surface area contributed by atoms with Crippen LogP contribution >= 0.6 is 11.6 Å². The molecule has 0 saturated heterocycles. The molecule has 8 heteroatoms. The Kier molecular flexibility index (Phi) is 5.29. The molecule has 0 atom stereocenters. The summed E-state index contributed by atoms with van der Waals surface area (Å²) >= 11 is 5.96. The minimum absolute atomic E-state index is 0.0119. The van der Waals surface area contributed by atoms with Crippen molar-refractivity contribution in [3.63, 3.8) is 0 Å². The van der Waals surface area contributed by atoms with Crippen molar-refractivity contribution >= 4 is 38.8 Å². The van der Waals surface area contributed by atoms with Crippen LogP contribution in [0.3, 0.4) is 0 Å². The lowest BCUT2D eigenvalue weighted by Crippen LogP contribution is -2.13. The summed E-state index contributed by atoms with van der Waals surface area (Å²) in [5, 5.41) is 3.27. The Balaban J connectivity index is 1.77. The topological polar surface area (TPSA) is 80.3 Å². The smallest absolute Gasteiger partial charge is 0.263 e. The van der Waals surface area contributed by atoms with Crippen LogP contribution in [0.15, 0.2) is 71.8 Å². The number of hydrogen-bond donors (Lipinski definition) is 2. The average Bonchev–Trinajstić information content (AvgIpc) is 2.64. The highest BCUT2D eigenvalue weighted by Gasteiger charge is 2.17. The van der Waals surface area contributed by atoms with Gasteiger partial charge in [-0.3, -0.25) is 4.72 Å². The monoisotopic (exact) mass is 389 g/mol. The fourth-order valence-corrected chi connectivity index (χ4v) is 3.85. The van der Waals surface area contributed by atoms with E-state index in [1.165, 1.54) is 18.3 Å². The molecule has 0 spiro atoms. The van der Waals surface area contributed by atoms with Gasteiger partial charge in [-0.25, -0.2) is 13.4 Å². The van der Waals surface area contributed by atoms with Crippen LogP contribution in [0.5, 0.6) is 5.75 Å². The van der Waals surface area contributed by atoms with Crippen LogP contribution in [0, 0.1) is 0 Å². The molecule has 2 aromatic carbocycles. The van der Waals surface area contributed by atoms with Crippen LogP contribution in [0.25, 0.3) is 0 Å². The summed E-state index contributed by atoms with van der Waals surface area (Å²) in [6.07, 6.45) is 1.42. The van der Waals surface area contributed by atoms with Gasteiger partial charge in [0.05, 0.1) is 29.7 Å². The molecule has 134 valence electrons. The van der Waals surface area contributed by atoms with E-state index >= 15 is 0 Å². The van der Waals surface area contributed by atoms with Gasteiger partial charge < -0.3 is 10.1 Å². The first kappa shape index (κ1) is 18.0. The van der Waals surface area contributed by atoms with Gasteiger partial charge in [0.1, 0.15) is 16.5 Å². The SMILES string of the molecule is COc1ccccc1Nc1ccc(NS(=O)(=O)c2ccccc2Cl)cn1. The second kappa shape index (κ2) is 7.63. The van der Waals surface area contributed by atoms with Crippen LogP contribution in [0.1, 0.15) is 0 Å². The summed E-state index contributed by atoms with van der Waals surface area (Å²) in [6.45, 7) is 0. The van der Waals surface area contributed by atoms with Crippen molar-refractivity contribution in [3.05, 3.63) is 71.9 Å². The maximum absolute atomic E-state index is 12.4. The van der Waals surface area contributed by atoms with Gasteiger partial charge in [-0.05, 0) is 36.4 Å². The van der Waals surface area contributed by atoms with Gasteiger partial charge in [-0.15, -0.1) is 0 Å². The third kappa shape index (κ3) is 4.07. The van der Waals surface area contributed by atoms with Crippen LogP contribution < -0.4 is 14.8 Å². The largest absolute Gasteiger partial charge is 0.495 e. The van der Waals surface area contributed by atoms with E-state index in [0.717, 1.165) is 5.69 Å². The summed E-state index contributed by atoms with van der Waals surface area (Å²) in [4.78, 5) is 4.23. The number of hydrogen-bond acceptors (Lipinski definition) is 5. The molecule has 0 amide bonds. The molecule has 2 N–H and O–H groups in total. The van der Waals surface area contributed by atoms with Gasteiger partial charge in [0.25, 0.3) is 10.0 Å². The van der Waals surface area contributed by atoms with E-state index in [9.17, 15) is 8.42 Å². The fourth-order valence-electron chi connectivity index (χ4n) is 2.29. The second-order valence-electron chi connectivity index (χ2n) is 5.29. The van der Waals surface area contributed by atoms with E-state index in [-0.39, 0.29) is 9.92 Å². The van der Waals surface area contributed by atoms with Crippen LogP contribution in [-0.4, -0.2) is 20.5 Å². The van der Waals surface area contributed by atoms with Crippen molar-refractivity contribution in [2.24, 2.45) is 0 Å². The van der Waals surface area contributed by atoms with E-state index in [1.54, 1.807) is 31.4 Å². The first-order chi connectivity index (χ1) is 12.5. The number of ether oxygens (including phenoxy) is 1. The van der Waals surface area contributed by atoms with Crippen molar-refractivity contribution in [1.82, 2.24) is 4.98 Å².